The number of aryl methyl sites for hydroxylation is 1. The topological polar surface area (TPSA) is 45.5 Å². The van der Waals surface area contributed by atoms with Crippen LogP contribution in [0.2, 0.25) is 0 Å². The molecule has 130 valence electrons. The molecular formula is C18H26FN5. The molecule has 6 heteroatoms. The lowest BCUT2D eigenvalue weighted by Gasteiger charge is -2.22. The van der Waals surface area contributed by atoms with Crippen LogP contribution < -0.4 is 5.32 Å². The van der Waals surface area contributed by atoms with E-state index in [-0.39, 0.29) is 5.82 Å². The summed E-state index contributed by atoms with van der Waals surface area (Å²) in [6.07, 6.45) is 2.05. The second kappa shape index (κ2) is 7.95. The average molecular weight is 331 g/mol. The summed E-state index contributed by atoms with van der Waals surface area (Å²) in [6, 6.07) is 6.57. The van der Waals surface area contributed by atoms with Crippen LogP contribution in [0.4, 0.5) is 4.39 Å². The fourth-order valence-corrected chi connectivity index (χ4v) is 2.71. The first kappa shape index (κ1) is 18.0. The summed E-state index contributed by atoms with van der Waals surface area (Å²) in [5.41, 5.74) is 3.17. The lowest BCUT2D eigenvalue weighted by atomic mass is 10.1. The van der Waals surface area contributed by atoms with Crippen LogP contribution in [0.1, 0.15) is 36.6 Å². The maximum absolute atomic E-state index is 13.3. The van der Waals surface area contributed by atoms with Crippen molar-refractivity contribution in [3.8, 4) is 0 Å². The number of halogens is 1. The van der Waals surface area contributed by atoms with Crippen molar-refractivity contribution in [3.63, 3.8) is 0 Å². The van der Waals surface area contributed by atoms with Gasteiger partial charge in [0.15, 0.2) is 5.96 Å². The van der Waals surface area contributed by atoms with Crippen molar-refractivity contribution < 1.29 is 4.39 Å². The number of nitrogens with zero attached hydrogens (tertiary/aromatic N) is 4. The number of nitrogens with one attached hydrogen (secondary N) is 1. The van der Waals surface area contributed by atoms with E-state index in [0.29, 0.717) is 19.0 Å². The minimum absolute atomic E-state index is 0.227. The minimum atomic E-state index is -0.227. The van der Waals surface area contributed by atoms with Crippen LogP contribution in [0.25, 0.3) is 0 Å². The van der Waals surface area contributed by atoms with Gasteiger partial charge in [0.2, 0.25) is 0 Å². The largest absolute Gasteiger partial charge is 0.352 e. The van der Waals surface area contributed by atoms with Gasteiger partial charge in [-0.1, -0.05) is 26.0 Å². The number of rotatable bonds is 5. The highest BCUT2D eigenvalue weighted by atomic mass is 19.1. The van der Waals surface area contributed by atoms with E-state index in [1.54, 1.807) is 13.1 Å². The Labute approximate surface area is 143 Å². The Kier molecular flexibility index (Phi) is 5.95. The van der Waals surface area contributed by atoms with E-state index >= 15 is 0 Å². The van der Waals surface area contributed by atoms with Crippen LogP contribution in [0.5, 0.6) is 0 Å². The summed E-state index contributed by atoms with van der Waals surface area (Å²) >= 11 is 0. The maximum atomic E-state index is 13.3. The monoisotopic (exact) mass is 331 g/mol. The Morgan fingerprint density at radius 3 is 2.79 bits per heavy atom. The fraction of sp³-hybridized carbons (Fsp3) is 0.444. The van der Waals surface area contributed by atoms with Crippen molar-refractivity contribution in [3.05, 3.63) is 53.1 Å². The summed E-state index contributed by atoms with van der Waals surface area (Å²) in [5.74, 6) is 0.907. The quantitative estimate of drug-likeness (QED) is 0.677. The first-order valence-electron chi connectivity index (χ1n) is 8.09. The van der Waals surface area contributed by atoms with Crippen LogP contribution >= 0.6 is 0 Å². The first-order valence-corrected chi connectivity index (χ1v) is 8.09. The molecule has 0 aliphatic carbocycles. The summed E-state index contributed by atoms with van der Waals surface area (Å²) in [5, 5.41) is 7.81. The number of guanidine groups is 1. The molecule has 0 amide bonds. The molecule has 0 aliphatic rings. The molecule has 2 rings (SSSR count). The van der Waals surface area contributed by atoms with Crippen LogP contribution in [-0.4, -0.2) is 34.7 Å². The van der Waals surface area contributed by atoms with Gasteiger partial charge in [0.1, 0.15) is 5.82 Å². The normalized spacial score (nSPS) is 11.9. The average Bonchev–Trinajstić information content (AvgIpc) is 2.88. The molecule has 0 fully saturated rings. The Balaban J connectivity index is 2.03. The number of aliphatic imine (C=N–C) groups is 1. The maximum Gasteiger partial charge on any atom is 0.193 e. The van der Waals surface area contributed by atoms with Gasteiger partial charge in [0, 0.05) is 46.0 Å². The lowest BCUT2D eigenvalue weighted by molar-refractivity contribution is 0.473. The van der Waals surface area contributed by atoms with Gasteiger partial charge in [-0.2, -0.15) is 5.10 Å². The van der Waals surface area contributed by atoms with Crippen molar-refractivity contribution >= 4 is 5.96 Å². The molecule has 0 saturated heterocycles. The van der Waals surface area contributed by atoms with Crippen LogP contribution in [0.15, 0.2) is 35.5 Å². The molecule has 5 nitrogen and oxygen atoms in total. The highest BCUT2D eigenvalue weighted by molar-refractivity contribution is 5.79. The number of hydrogen-bond donors (Lipinski definition) is 1. The molecule has 0 saturated carbocycles. The summed E-state index contributed by atoms with van der Waals surface area (Å²) in [6.45, 7) is 5.52. The molecule has 0 radical (unpaired) electrons. The van der Waals surface area contributed by atoms with E-state index in [1.807, 2.05) is 35.9 Å². The molecule has 1 aromatic heterocycles. The molecular weight excluding hydrogens is 305 g/mol. The molecule has 0 unspecified atom stereocenters. The molecule has 24 heavy (non-hydrogen) atoms. The van der Waals surface area contributed by atoms with Crippen LogP contribution in [-0.2, 0) is 20.1 Å². The van der Waals surface area contributed by atoms with E-state index < -0.39 is 0 Å². The van der Waals surface area contributed by atoms with Gasteiger partial charge in [-0.25, -0.2) is 4.39 Å². The van der Waals surface area contributed by atoms with Crippen molar-refractivity contribution in [2.75, 3.05) is 14.1 Å². The first-order chi connectivity index (χ1) is 11.4. The third kappa shape index (κ3) is 4.57. The zero-order chi connectivity index (χ0) is 17.7. The molecule has 1 N–H and O–H groups in total. The van der Waals surface area contributed by atoms with E-state index in [2.05, 4.69) is 29.3 Å². The standard InChI is InChI=1S/C18H26FN5/c1-13(2)17-15(12-24(5)22-17)11-23(4)18(20-3)21-10-14-7-6-8-16(19)9-14/h6-9,12-13H,10-11H2,1-5H3,(H,20,21). The predicted molar refractivity (Wildman–Crippen MR) is 95.4 cm³/mol. The lowest BCUT2D eigenvalue weighted by Crippen LogP contribution is -2.38. The third-order valence-electron chi connectivity index (χ3n) is 3.80. The second-order valence-electron chi connectivity index (χ2n) is 6.25. The van der Waals surface area contributed by atoms with Gasteiger partial charge in [-0.05, 0) is 23.6 Å². The molecule has 0 bridgehead atoms. The van der Waals surface area contributed by atoms with Gasteiger partial charge in [0.05, 0.1) is 5.69 Å². The van der Waals surface area contributed by atoms with E-state index in [4.69, 9.17) is 0 Å². The zero-order valence-electron chi connectivity index (χ0n) is 15.0. The zero-order valence-corrected chi connectivity index (χ0v) is 15.0. The molecule has 0 aliphatic heterocycles. The van der Waals surface area contributed by atoms with E-state index in [9.17, 15) is 4.39 Å². The van der Waals surface area contributed by atoms with Crippen LogP contribution in [0, 0.1) is 5.82 Å². The van der Waals surface area contributed by atoms with Gasteiger partial charge >= 0.3 is 0 Å². The fourth-order valence-electron chi connectivity index (χ4n) is 2.71. The number of aromatic nitrogens is 2. The van der Waals surface area contributed by atoms with Crippen molar-refractivity contribution in [2.45, 2.75) is 32.9 Å². The molecule has 1 heterocycles. The predicted octanol–water partition coefficient (Wildman–Crippen LogP) is 2.89. The second-order valence-corrected chi connectivity index (χ2v) is 6.25. The number of hydrogen-bond acceptors (Lipinski definition) is 2. The highest BCUT2D eigenvalue weighted by Gasteiger charge is 2.15. The van der Waals surface area contributed by atoms with Gasteiger partial charge in [-0.3, -0.25) is 9.67 Å². The summed E-state index contributed by atoms with van der Waals surface area (Å²) < 4.78 is 15.1. The van der Waals surface area contributed by atoms with E-state index in [0.717, 1.165) is 17.2 Å². The third-order valence-corrected chi connectivity index (χ3v) is 3.80. The van der Waals surface area contributed by atoms with E-state index in [1.165, 1.54) is 17.7 Å². The Morgan fingerprint density at radius 2 is 2.17 bits per heavy atom. The summed E-state index contributed by atoms with van der Waals surface area (Å²) in [7, 11) is 5.67. The molecule has 2 aromatic rings. The van der Waals surface area contributed by atoms with Crippen LogP contribution in [0.3, 0.4) is 0 Å². The highest BCUT2D eigenvalue weighted by Crippen LogP contribution is 2.18. The van der Waals surface area contributed by atoms with Crippen molar-refractivity contribution in [1.82, 2.24) is 20.0 Å². The van der Waals surface area contributed by atoms with Crippen molar-refractivity contribution in [2.24, 2.45) is 12.0 Å². The SMILES string of the molecule is CN=C(NCc1cccc(F)c1)N(C)Cc1cn(C)nc1C(C)C. The Bertz CT molecular complexity index is 705. The van der Waals surface area contributed by atoms with Crippen molar-refractivity contribution in [1.29, 1.82) is 0 Å². The minimum Gasteiger partial charge on any atom is -0.352 e. The Hall–Kier alpha value is -2.37. The molecule has 0 atom stereocenters. The molecule has 0 spiro atoms. The molecule has 1 aromatic carbocycles. The van der Waals surface area contributed by atoms with Gasteiger partial charge < -0.3 is 10.2 Å². The van der Waals surface area contributed by atoms with Gasteiger partial charge in [0.25, 0.3) is 0 Å². The van der Waals surface area contributed by atoms with Gasteiger partial charge in [-0.15, -0.1) is 0 Å². The smallest absolute Gasteiger partial charge is 0.193 e. The number of benzene rings is 1. The Morgan fingerprint density at radius 1 is 1.42 bits per heavy atom. The summed E-state index contributed by atoms with van der Waals surface area (Å²) in [4.78, 5) is 6.36.